The van der Waals surface area contributed by atoms with E-state index in [0.717, 1.165) is 6.42 Å². The van der Waals surface area contributed by atoms with Crippen molar-refractivity contribution in [3.8, 4) is 0 Å². The van der Waals surface area contributed by atoms with Crippen molar-refractivity contribution >= 4 is 0 Å². The van der Waals surface area contributed by atoms with Gasteiger partial charge in [0.1, 0.15) is 0 Å². The van der Waals surface area contributed by atoms with Crippen LogP contribution in [0.4, 0.5) is 0 Å². The summed E-state index contributed by atoms with van der Waals surface area (Å²) in [4.78, 5) is 2.65. The minimum Gasteiger partial charge on any atom is -0.326 e. The van der Waals surface area contributed by atoms with Crippen molar-refractivity contribution in [3.63, 3.8) is 0 Å². The summed E-state index contributed by atoms with van der Waals surface area (Å²) >= 11 is 0. The quantitative estimate of drug-likeness (QED) is 0.674. The van der Waals surface area contributed by atoms with Crippen LogP contribution >= 0.6 is 0 Å². The van der Waals surface area contributed by atoms with Crippen molar-refractivity contribution in [2.75, 3.05) is 13.1 Å². The largest absolute Gasteiger partial charge is 0.326 e. The lowest BCUT2D eigenvalue weighted by Gasteiger charge is -2.43. The summed E-state index contributed by atoms with van der Waals surface area (Å²) in [6.45, 7) is 16.1. The molecule has 0 aliphatic carbocycles. The molecule has 2 N–H and O–H groups in total. The summed E-state index contributed by atoms with van der Waals surface area (Å²) < 4.78 is 0. The zero-order chi connectivity index (χ0) is 14.2. The molecule has 2 nitrogen and oxygen atoms in total. The number of hydrogen-bond donors (Lipinski definition) is 1. The molecular formula is C16H36N2. The third-order valence-corrected chi connectivity index (χ3v) is 3.76. The summed E-state index contributed by atoms with van der Waals surface area (Å²) in [6, 6.07) is 0.791. The molecule has 0 saturated carbocycles. The van der Waals surface area contributed by atoms with E-state index in [1.165, 1.54) is 38.8 Å². The third kappa shape index (κ3) is 6.19. The van der Waals surface area contributed by atoms with Gasteiger partial charge in [0.2, 0.25) is 0 Å². The number of unbranched alkanes of at least 4 members (excludes halogenated alkanes) is 2. The molecule has 2 atom stereocenters. The number of rotatable bonds is 9. The Bertz CT molecular complexity index is 188. The van der Waals surface area contributed by atoms with Crippen molar-refractivity contribution in [2.45, 2.75) is 85.7 Å². The van der Waals surface area contributed by atoms with E-state index in [2.05, 4.69) is 46.4 Å². The molecule has 2 unspecified atom stereocenters. The molecule has 110 valence electrons. The van der Waals surface area contributed by atoms with Gasteiger partial charge < -0.3 is 5.73 Å². The lowest BCUT2D eigenvalue weighted by molar-refractivity contribution is 0.0733. The number of hydrogen-bond acceptors (Lipinski definition) is 2. The van der Waals surface area contributed by atoms with E-state index in [1.54, 1.807) is 0 Å². The molecule has 2 heteroatoms. The molecule has 0 aromatic heterocycles. The maximum atomic E-state index is 6.41. The van der Waals surface area contributed by atoms with Gasteiger partial charge in [0.05, 0.1) is 0 Å². The van der Waals surface area contributed by atoms with Crippen LogP contribution < -0.4 is 5.73 Å². The first kappa shape index (κ1) is 17.9. The molecule has 0 bridgehead atoms. The standard InChI is InChI=1S/C16H36N2/c1-7-10-12-18(13-11-8-2)15(14(17)9-3)16(4,5)6/h14-15H,7-13,17H2,1-6H3. The first-order valence-electron chi connectivity index (χ1n) is 7.88. The zero-order valence-corrected chi connectivity index (χ0v) is 13.6. The van der Waals surface area contributed by atoms with Crippen molar-refractivity contribution < 1.29 is 0 Å². The minimum atomic E-state index is 0.261. The maximum absolute atomic E-state index is 6.41. The van der Waals surface area contributed by atoms with Crippen LogP contribution in [0.25, 0.3) is 0 Å². The summed E-state index contributed by atoms with van der Waals surface area (Å²) in [6.07, 6.45) is 6.16. The molecule has 0 heterocycles. The molecule has 0 aromatic carbocycles. The Morgan fingerprint density at radius 1 is 0.944 bits per heavy atom. The second-order valence-corrected chi connectivity index (χ2v) is 6.63. The molecule has 0 amide bonds. The molecule has 0 aliphatic heterocycles. The Hall–Kier alpha value is -0.0800. The topological polar surface area (TPSA) is 29.3 Å². The van der Waals surface area contributed by atoms with E-state index in [4.69, 9.17) is 5.73 Å². The molecular weight excluding hydrogens is 220 g/mol. The maximum Gasteiger partial charge on any atom is 0.0295 e. The van der Waals surface area contributed by atoms with E-state index in [9.17, 15) is 0 Å². The van der Waals surface area contributed by atoms with E-state index in [0.29, 0.717) is 12.1 Å². The van der Waals surface area contributed by atoms with Gasteiger partial charge in [0, 0.05) is 12.1 Å². The average Bonchev–Trinajstić information content (AvgIpc) is 2.30. The Balaban J connectivity index is 4.82. The second kappa shape index (κ2) is 8.92. The summed E-state index contributed by atoms with van der Waals surface area (Å²) in [7, 11) is 0. The van der Waals surface area contributed by atoms with Gasteiger partial charge in [0.25, 0.3) is 0 Å². The molecule has 0 radical (unpaired) electrons. The summed E-state index contributed by atoms with van der Waals surface area (Å²) in [5, 5.41) is 0. The smallest absolute Gasteiger partial charge is 0.0295 e. The Morgan fingerprint density at radius 3 is 1.67 bits per heavy atom. The normalized spacial score (nSPS) is 16.0. The van der Waals surface area contributed by atoms with Gasteiger partial charge in [-0.05, 0) is 37.8 Å². The van der Waals surface area contributed by atoms with Crippen LogP contribution in [0.5, 0.6) is 0 Å². The highest BCUT2D eigenvalue weighted by Crippen LogP contribution is 2.28. The van der Waals surface area contributed by atoms with Gasteiger partial charge in [-0.15, -0.1) is 0 Å². The molecule has 0 fully saturated rings. The fourth-order valence-corrected chi connectivity index (χ4v) is 2.80. The van der Waals surface area contributed by atoms with Crippen molar-refractivity contribution in [1.29, 1.82) is 0 Å². The molecule has 18 heavy (non-hydrogen) atoms. The fourth-order valence-electron chi connectivity index (χ4n) is 2.80. The molecule has 0 aromatic rings. The second-order valence-electron chi connectivity index (χ2n) is 6.63. The summed E-state index contributed by atoms with van der Waals surface area (Å²) in [5.74, 6) is 0. The van der Waals surface area contributed by atoms with Crippen molar-refractivity contribution in [3.05, 3.63) is 0 Å². The van der Waals surface area contributed by atoms with E-state index < -0.39 is 0 Å². The van der Waals surface area contributed by atoms with Crippen molar-refractivity contribution in [1.82, 2.24) is 4.90 Å². The van der Waals surface area contributed by atoms with Crippen LogP contribution in [0.2, 0.25) is 0 Å². The van der Waals surface area contributed by atoms with Crippen LogP contribution in [0.1, 0.15) is 73.6 Å². The lowest BCUT2D eigenvalue weighted by atomic mass is 9.80. The van der Waals surface area contributed by atoms with Gasteiger partial charge >= 0.3 is 0 Å². The van der Waals surface area contributed by atoms with E-state index in [-0.39, 0.29) is 5.41 Å². The predicted molar refractivity (Wildman–Crippen MR) is 82.9 cm³/mol. The SMILES string of the molecule is CCCCN(CCCC)C(C(N)CC)C(C)(C)C. The first-order valence-corrected chi connectivity index (χ1v) is 7.88. The molecule has 0 spiro atoms. The van der Waals surface area contributed by atoms with E-state index >= 15 is 0 Å². The third-order valence-electron chi connectivity index (χ3n) is 3.76. The van der Waals surface area contributed by atoms with Gasteiger partial charge in [-0.1, -0.05) is 54.4 Å². The van der Waals surface area contributed by atoms with Crippen LogP contribution in [0.3, 0.4) is 0 Å². The Morgan fingerprint density at radius 2 is 1.39 bits per heavy atom. The highest BCUT2D eigenvalue weighted by Gasteiger charge is 2.33. The first-order chi connectivity index (χ1) is 8.38. The van der Waals surface area contributed by atoms with Crippen molar-refractivity contribution in [2.24, 2.45) is 11.1 Å². The van der Waals surface area contributed by atoms with Gasteiger partial charge in [-0.3, -0.25) is 4.90 Å². The number of nitrogens with two attached hydrogens (primary N) is 1. The summed E-state index contributed by atoms with van der Waals surface area (Å²) in [5.41, 5.74) is 6.67. The highest BCUT2D eigenvalue weighted by molar-refractivity contribution is 4.90. The minimum absolute atomic E-state index is 0.261. The lowest BCUT2D eigenvalue weighted by Crippen LogP contribution is -2.55. The number of nitrogens with zero attached hydrogens (tertiary/aromatic N) is 1. The van der Waals surface area contributed by atoms with E-state index in [1.807, 2.05) is 0 Å². The van der Waals surface area contributed by atoms with Crippen LogP contribution in [-0.2, 0) is 0 Å². The zero-order valence-electron chi connectivity index (χ0n) is 13.6. The predicted octanol–water partition coefficient (Wildman–Crippen LogP) is 4.04. The van der Waals surface area contributed by atoms with Crippen LogP contribution in [-0.4, -0.2) is 30.1 Å². The Kier molecular flexibility index (Phi) is 8.89. The van der Waals surface area contributed by atoms with Gasteiger partial charge in [-0.25, -0.2) is 0 Å². The molecule has 0 aliphatic rings. The van der Waals surface area contributed by atoms with Crippen LogP contribution in [0, 0.1) is 5.41 Å². The fraction of sp³-hybridized carbons (Fsp3) is 1.00. The molecule has 0 rings (SSSR count). The van der Waals surface area contributed by atoms with Gasteiger partial charge in [-0.2, -0.15) is 0 Å². The Labute approximate surface area is 115 Å². The average molecular weight is 256 g/mol. The monoisotopic (exact) mass is 256 g/mol. The van der Waals surface area contributed by atoms with Gasteiger partial charge in [0.15, 0.2) is 0 Å². The molecule has 0 saturated heterocycles. The highest BCUT2D eigenvalue weighted by atomic mass is 15.2. The van der Waals surface area contributed by atoms with Crippen LogP contribution in [0.15, 0.2) is 0 Å².